The minimum absolute atomic E-state index is 0.259. The van der Waals surface area contributed by atoms with Crippen LogP contribution in [-0.2, 0) is 0 Å². The average Bonchev–Trinajstić information content (AvgIpc) is 2.38. The van der Waals surface area contributed by atoms with Crippen LogP contribution in [0.2, 0.25) is 0 Å². The highest BCUT2D eigenvalue weighted by Gasteiger charge is 2.19. The molecule has 0 aliphatic rings. The largest absolute Gasteiger partial charge is 0.496 e. The third-order valence-corrected chi connectivity index (χ3v) is 3.13. The smallest absolute Gasteiger partial charge is 0.129 e. The summed E-state index contributed by atoms with van der Waals surface area (Å²) in [5.74, 6) is 0.147. The predicted molar refractivity (Wildman–Crippen MR) is 72.9 cm³/mol. The van der Waals surface area contributed by atoms with E-state index in [-0.39, 0.29) is 5.56 Å². The van der Waals surface area contributed by atoms with E-state index < -0.39 is 11.9 Å². The molecule has 0 bridgehead atoms. The number of aryl methyl sites for hydroxylation is 2. The number of ether oxygens (including phenoxy) is 1. The van der Waals surface area contributed by atoms with Crippen molar-refractivity contribution < 1.29 is 14.2 Å². The first-order chi connectivity index (χ1) is 9.02. The molecule has 1 atom stereocenters. The van der Waals surface area contributed by atoms with Crippen molar-refractivity contribution in [3.63, 3.8) is 0 Å². The monoisotopic (exact) mass is 260 g/mol. The Hall–Kier alpha value is -1.87. The van der Waals surface area contributed by atoms with E-state index in [2.05, 4.69) is 0 Å². The summed E-state index contributed by atoms with van der Waals surface area (Å²) < 4.78 is 19.1. The summed E-state index contributed by atoms with van der Waals surface area (Å²) in [6.45, 7) is 3.73. The van der Waals surface area contributed by atoms with Crippen LogP contribution in [0.5, 0.6) is 5.75 Å². The zero-order valence-electron chi connectivity index (χ0n) is 11.3. The molecule has 0 radical (unpaired) electrons. The Kier molecular flexibility index (Phi) is 3.86. The second kappa shape index (κ2) is 5.41. The van der Waals surface area contributed by atoms with E-state index in [1.807, 2.05) is 26.0 Å². The van der Waals surface area contributed by atoms with Gasteiger partial charge in [-0.15, -0.1) is 0 Å². The van der Waals surface area contributed by atoms with Gasteiger partial charge in [-0.25, -0.2) is 4.39 Å². The second-order valence-electron chi connectivity index (χ2n) is 4.67. The maximum atomic E-state index is 13.9. The summed E-state index contributed by atoms with van der Waals surface area (Å²) in [4.78, 5) is 0. The molecule has 0 fully saturated rings. The van der Waals surface area contributed by atoms with E-state index >= 15 is 0 Å². The Morgan fingerprint density at radius 3 is 2.26 bits per heavy atom. The average molecular weight is 260 g/mol. The number of hydrogen-bond acceptors (Lipinski definition) is 2. The van der Waals surface area contributed by atoms with Crippen molar-refractivity contribution in [1.29, 1.82) is 0 Å². The van der Waals surface area contributed by atoms with Crippen molar-refractivity contribution >= 4 is 0 Å². The first kappa shape index (κ1) is 13.6. The van der Waals surface area contributed by atoms with Gasteiger partial charge >= 0.3 is 0 Å². The topological polar surface area (TPSA) is 29.5 Å². The lowest BCUT2D eigenvalue weighted by Gasteiger charge is -2.16. The quantitative estimate of drug-likeness (QED) is 0.914. The standard InChI is InChI=1S/C16H17FO2/c1-10-5-7-15(19-3)13(8-10)16(18)12-6-4-11(2)9-14(12)17/h4-9,16,18H,1-3H3. The van der Waals surface area contributed by atoms with E-state index in [1.165, 1.54) is 13.2 Å². The van der Waals surface area contributed by atoms with Crippen molar-refractivity contribution in [1.82, 2.24) is 0 Å². The van der Waals surface area contributed by atoms with Crippen molar-refractivity contribution in [2.75, 3.05) is 7.11 Å². The van der Waals surface area contributed by atoms with Crippen LogP contribution < -0.4 is 4.74 Å². The van der Waals surface area contributed by atoms with Crippen molar-refractivity contribution in [2.45, 2.75) is 20.0 Å². The molecule has 0 saturated carbocycles. The van der Waals surface area contributed by atoms with Gasteiger partial charge < -0.3 is 9.84 Å². The highest BCUT2D eigenvalue weighted by Crippen LogP contribution is 2.32. The van der Waals surface area contributed by atoms with Gasteiger partial charge in [0.1, 0.15) is 17.7 Å². The highest BCUT2D eigenvalue weighted by atomic mass is 19.1. The molecule has 0 aliphatic carbocycles. The molecule has 0 heterocycles. The van der Waals surface area contributed by atoms with Crippen LogP contribution >= 0.6 is 0 Å². The van der Waals surface area contributed by atoms with E-state index in [9.17, 15) is 9.50 Å². The molecule has 0 aromatic heterocycles. The molecule has 2 aromatic rings. The number of methoxy groups -OCH3 is 1. The SMILES string of the molecule is COc1ccc(C)cc1C(O)c1ccc(C)cc1F. The fraction of sp³-hybridized carbons (Fsp3) is 0.250. The highest BCUT2D eigenvalue weighted by molar-refractivity contribution is 5.43. The first-order valence-corrected chi connectivity index (χ1v) is 6.11. The number of benzene rings is 2. The zero-order chi connectivity index (χ0) is 14.0. The molecule has 100 valence electrons. The molecule has 19 heavy (non-hydrogen) atoms. The summed E-state index contributed by atoms with van der Waals surface area (Å²) in [6, 6.07) is 10.3. The first-order valence-electron chi connectivity index (χ1n) is 6.11. The molecule has 2 aromatic carbocycles. The maximum Gasteiger partial charge on any atom is 0.129 e. The van der Waals surface area contributed by atoms with Gasteiger partial charge in [-0.2, -0.15) is 0 Å². The molecule has 1 unspecified atom stereocenters. The van der Waals surface area contributed by atoms with Crippen molar-refractivity contribution in [3.05, 3.63) is 64.5 Å². The second-order valence-corrected chi connectivity index (χ2v) is 4.67. The molecular formula is C16H17FO2. The molecule has 0 amide bonds. The van der Waals surface area contributed by atoms with Gasteiger partial charge in [-0.1, -0.05) is 23.8 Å². The molecule has 0 spiro atoms. The normalized spacial score (nSPS) is 12.3. The predicted octanol–water partition coefficient (Wildman–Crippen LogP) is 3.53. The summed E-state index contributed by atoms with van der Waals surface area (Å²) in [6.07, 6.45) is -1.03. The minimum Gasteiger partial charge on any atom is -0.496 e. The van der Waals surface area contributed by atoms with Crippen LogP contribution in [-0.4, -0.2) is 12.2 Å². The lowest BCUT2D eigenvalue weighted by molar-refractivity contribution is 0.209. The van der Waals surface area contributed by atoms with Gasteiger partial charge in [0.25, 0.3) is 0 Å². The van der Waals surface area contributed by atoms with Crippen LogP contribution in [0, 0.1) is 19.7 Å². The fourth-order valence-electron chi connectivity index (χ4n) is 2.09. The Balaban J connectivity index is 2.49. The van der Waals surface area contributed by atoms with Gasteiger partial charge in [0.05, 0.1) is 7.11 Å². The summed E-state index contributed by atoms with van der Waals surface area (Å²) in [7, 11) is 1.53. The summed E-state index contributed by atoms with van der Waals surface area (Å²) >= 11 is 0. The van der Waals surface area contributed by atoms with E-state index in [4.69, 9.17) is 4.74 Å². The van der Waals surface area contributed by atoms with Gasteiger partial charge in [0.2, 0.25) is 0 Å². The number of aliphatic hydroxyl groups is 1. The van der Waals surface area contributed by atoms with Crippen LogP contribution in [0.3, 0.4) is 0 Å². The lowest BCUT2D eigenvalue weighted by Crippen LogP contribution is -2.05. The van der Waals surface area contributed by atoms with Crippen LogP contribution in [0.1, 0.15) is 28.4 Å². The Morgan fingerprint density at radius 2 is 1.63 bits per heavy atom. The Labute approximate surface area is 112 Å². The van der Waals surface area contributed by atoms with E-state index in [0.717, 1.165) is 11.1 Å². The molecule has 2 nitrogen and oxygen atoms in total. The van der Waals surface area contributed by atoms with E-state index in [1.54, 1.807) is 18.2 Å². The molecule has 0 saturated heterocycles. The van der Waals surface area contributed by atoms with Crippen LogP contribution in [0.15, 0.2) is 36.4 Å². The lowest BCUT2D eigenvalue weighted by atomic mass is 9.97. The number of aliphatic hydroxyl groups excluding tert-OH is 1. The third-order valence-electron chi connectivity index (χ3n) is 3.13. The number of hydrogen-bond donors (Lipinski definition) is 1. The maximum absolute atomic E-state index is 13.9. The van der Waals surface area contributed by atoms with E-state index in [0.29, 0.717) is 11.3 Å². The zero-order valence-corrected chi connectivity index (χ0v) is 11.3. The summed E-state index contributed by atoms with van der Waals surface area (Å²) in [5, 5.41) is 10.4. The molecular weight excluding hydrogens is 243 g/mol. The van der Waals surface area contributed by atoms with Crippen LogP contribution in [0.4, 0.5) is 4.39 Å². The van der Waals surface area contributed by atoms with Gasteiger partial charge in [0.15, 0.2) is 0 Å². The molecule has 0 aliphatic heterocycles. The molecule has 3 heteroatoms. The molecule has 1 N–H and O–H groups in total. The van der Waals surface area contributed by atoms with Gasteiger partial charge in [-0.05, 0) is 37.6 Å². The third kappa shape index (κ3) is 2.76. The number of rotatable bonds is 3. The molecule has 2 rings (SSSR count). The van der Waals surface area contributed by atoms with Gasteiger partial charge in [0, 0.05) is 11.1 Å². The Bertz CT molecular complexity index is 593. The Morgan fingerprint density at radius 1 is 1.00 bits per heavy atom. The summed E-state index contributed by atoms with van der Waals surface area (Å²) in [5.41, 5.74) is 2.65. The fourth-order valence-corrected chi connectivity index (χ4v) is 2.09. The van der Waals surface area contributed by atoms with Crippen molar-refractivity contribution in [3.8, 4) is 5.75 Å². The number of halogens is 1. The van der Waals surface area contributed by atoms with Gasteiger partial charge in [-0.3, -0.25) is 0 Å². The minimum atomic E-state index is -1.03. The van der Waals surface area contributed by atoms with Crippen LogP contribution in [0.25, 0.3) is 0 Å². The van der Waals surface area contributed by atoms with Crippen molar-refractivity contribution in [2.24, 2.45) is 0 Å².